The Labute approximate surface area is 120 Å². The Balaban J connectivity index is 2.32. The lowest BCUT2D eigenvalue weighted by molar-refractivity contribution is -0.123. The van der Waals surface area contributed by atoms with Crippen LogP contribution < -0.4 is 0 Å². The van der Waals surface area contributed by atoms with Crippen LogP contribution in [-0.4, -0.2) is 27.2 Å². The fraction of sp³-hybridized carbons (Fsp3) is 0.231. The third-order valence-corrected chi connectivity index (χ3v) is 3.80. The molecule has 0 spiro atoms. The minimum absolute atomic E-state index is 0.0194. The van der Waals surface area contributed by atoms with Gasteiger partial charge in [0.05, 0.1) is 9.93 Å². The summed E-state index contributed by atoms with van der Waals surface area (Å²) < 4.78 is 0. The summed E-state index contributed by atoms with van der Waals surface area (Å²) in [4.78, 5) is 25.3. The van der Waals surface area contributed by atoms with Crippen LogP contribution >= 0.6 is 23.4 Å². The predicted molar refractivity (Wildman–Crippen MR) is 76.1 cm³/mol. The van der Waals surface area contributed by atoms with E-state index >= 15 is 0 Å². The van der Waals surface area contributed by atoms with E-state index in [-0.39, 0.29) is 28.0 Å². The van der Waals surface area contributed by atoms with Crippen LogP contribution in [0.15, 0.2) is 23.1 Å². The number of carbonyl (C=O) groups excluding carboxylic acids is 2. The highest BCUT2D eigenvalue weighted by Crippen LogP contribution is 2.34. The minimum atomic E-state index is -0.297. The van der Waals surface area contributed by atoms with Gasteiger partial charge in [-0.1, -0.05) is 17.7 Å². The van der Waals surface area contributed by atoms with E-state index in [0.717, 1.165) is 11.8 Å². The molecule has 1 heterocycles. The van der Waals surface area contributed by atoms with Crippen LogP contribution in [0.3, 0.4) is 0 Å². The molecule has 1 aromatic rings. The fourth-order valence-electron chi connectivity index (χ4n) is 1.69. The molecular formula is C13H12ClNO3S. The first-order chi connectivity index (χ1) is 8.90. The van der Waals surface area contributed by atoms with Crippen LogP contribution in [0.2, 0.25) is 5.02 Å². The molecule has 100 valence electrons. The van der Waals surface area contributed by atoms with E-state index in [1.165, 1.54) is 11.0 Å². The lowest BCUT2D eigenvalue weighted by Gasteiger charge is -2.16. The van der Waals surface area contributed by atoms with Crippen molar-refractivity contribution in [3.63, 3.8) is 0 Å². The summed E-state index contributed by atoms with van der Waals surface area (Å²) >= 11 is 6.70. The number of phenols is 1. The third-order valence-electron chi connectivity index (χ3n) is 2.61. The molecule has 1 aliphatic heterocycles. The number of carbonyl (C=O) groups is 2. The number of aromatic hydroxyl groups is 1. The largest absolute Gasteiger partial charge is 0.506 e. The van der Waals surface area contributed by atoms with E-state index in [1.54, 1.807) is 32.1 Å². The molecule has 1 N–H and O–H groups in total. The summed E-state index contributed by atoms with van der Waals surface area (Å²) in [5, 5.41) is 9.26. The monoisotopic (exact) mass is 297 g/mol. The first-order valence-corrected chi connectivity index (χ1v) is 6.85. The predicted octanol–water partition coefficient (Wildman–Crippen LogP) is 3.49. The Morgan fingerprint density at radius 2 is 2.05 bits per heavy atom. The Morgan fingerprint density at radius 3 is 2.58 bits per heavy atom. The van der Waals surface area contributed by atoms with Crippen LogP contribution in [0.1, 0.15) is 19.4 Å². The van der Waals surface area contributed by atoms with Crippen LogP contribution in [0.4, 0.5) is 4.79 Å². The average molecular weight is 298 g/mol. The molecule has 4 nitrogen and oxygen atoms in total. The maximum atomic E-state index is 12.0. The van der Waals surface area contributed by atoms with Crippen molar-refractivity contribution in [3.8, 4) is 5.75 Å². The van der Waals surface area contributed by atoms with E-state index in [0.29, 0.717) is 10.5 Å². The van der Waals surface area contributed by atoms with Crippen molar-refractivity contribution in [2.45, 2.75) is 19.9 Å². The second-order valence-electron chi connectivity index (χ2n) is 4.36. The zero-order valence-corrected chi connectivity index (χ0v) is 12.0. The molecule has 1 aromatic carbocycles. The molecular weight excluding hydrogens is 286 g/mol. The van der Waals surface area contributed by atoms with Gasteiger partial charge in [-0.3, -0.25) is 14.5 Å². The summed E-state index contributed by atoms with van der Waals surface area (Å²) in [7, 11) is 0. The van der Waals surface area contributed by atoms with Gasteiger partial charge in [-0.05, 0) is 49.4 Å². The average Bonchev–Trinajstić information content (AvgIpc) is 2.59. The highest BCUT2D eigenvalue weighted by atomic mass is 35.5. The van der Waals surface area contributed by atoms with Gasteiger partial charge >= 0.3 is 0 Å². The normalized spacial score (nSPS) is 17.9. The number of halogens is 1. The smallest absolute Gasteiger partial charge is 0.293 e. The molecule has 1 aliphatic rings. The molecule has 1 saturated heterocycles. The van der Waals surface area contributed by atoms with Gasteiger partial charge in [-0.2, -0.15) is 0 Å². The van der Waals surface area contributed by atoms with E-state index in [4.69, 9.17) is 11.6 Å². The highest BCUT2D eigenvalue weighted by molar-refractivity contribution is 8.18. The van der Waals surface area contributed by atoms with Gasteiger partial charge < -0.3 is 5.11 Å². The van der Waals surface area contributed by atoms with Gasteiger partial charge in [0, 0.05) is 6.04 Å². The first-order valence-electron chi connectivity index (χ1n) is 5.65. The van der Waals surface area contributed by atoms with Crippen LogP contribution in [0.25, 0.3) is 6.08 Å². The van der Waals surface area contributed by atoms with Gasteiger partial charge in [-0.15, -0.1) is 0 Å². The van der Waals surface area contributed by atoms with E-state index in [2.05, 4.69) is 0 Å². The molecule has 0 saturated carbocycles. The number of phenolic OH excluding ortho intramolecular Hbond substituents is 1. The number of amides is 2. The molecule has 0 aliphatic carbocycles. The standard InChI is InChI=1S/C13H12ClNO3S/c1-7(2)15-12(17)11(19-13(15)18)6-8-3-4-10(16)9(14)5-8/h3-7,16H,1-2H3/b11-6+. The summed E-state index contributed by atoms with van der Waals surface area (Å²) in [5.74, 6) is -0.316. The topological polar surface area (TPSA) is 57.6 Å². The Hall–Kier alpha value is -1.46. The van der Waals surface area contributed by atoms with Crippen molar-refractivity contribution in [3.05, 3.63) is 33.7 Å². The molecule has 2 amide bonds. The molecule has 2 rings (SSSR count). The number of imide groups is 1. The minimum Gasteiger partial charge on any atom is -0.506 e. The van der Waals surface area contributed by atoms with E-state index in [9.17, 15) is 14.7 Å². The van der Waals surface area contributed by atoms with Gasteiger partial charge in [0.2, 0.25) is 0 Å². The van der Waals surface area contributed by atoms with Gasteiger partial charge in [0.25, 0.3) is 11.1 Å². The molecule has 0 radical (unpaired) electrons. The molecule has 0 unspecified atom stereocenters. The number of benzene rings is 1. The van der Waals surface area contributed by atoms with Crippen molar-refractivity contribution in [2.75, 3.05) is 0 Å². The number of hydrogen-bond donors (Lipinski definition) is 1. The summed E-state index contributed by atoms with van der Waals surface area (Å²) in [6.07, 6.45) is 1.60. The molecule has 19 heavy (non-hydrogen) atoms. The summed E-state index contributed by atoms with van der Waals surface area (Å²) in [6.45, 7) is 3.58. The fourth-order valence-corrected chi connectivity index (χ4v) is 2.84. The van der Waals surface area contributed by atoms with E-state index < -0.39 is 0 Å². The lowest BCUT2D eigenvalue weighted by Crippen LogP contribution is -2.34. The zero-order chi connectivity index (χ0) is 14.2. The zero-order valence-electron chi connectivity index (χ0n) is 10.4. The summed E-state index contributed by atoms with van der Waals surface area (Å²) in [6, 6.07) is 4.45. The maximum absolute atomic E-state index is 12.0. The van der Waals surface area contributed by atoms with Gasteiger partial charge in [0.15, 0.2) is 0 Å². The van der Waals surface area contributed by atoms with Crippen molar-refractivity contribution in [1.29, 1.82) is 0 Å². The van der Waals surface area contributed by atoms with Gasteiger partial charge in [0.1, 0.15) is 5.75 Å². The SMILES string of the molecule is CC(C)N1C(=O)S/C(=C/c2ccc(O)c(Cl)c2)C1=O. The molecule has 0 atom stereocenters. The molecule has 1 fully saturated rings. The van der Waals surface area contributed by atoms with Crippen molar-refractivity contribution in [2.24, 2.45) is 0 Å². The molecule has 0 aromatic heterocycles. The van der Waals surface area contributed by atoms with E-state index in [1.807, 2.05) is 0 Å². The Morgan fingerprint density at radius 1 is 1.37 bits per heavy atom. The second-order valence-corrected chi connectivity index (χ2v) is 5.76. The van der Waals surface area contributed by atoms with Crippen LogP contribution in [0.5, 0.6) is 5.75 Å². The Bertz CT molecular complexity index is 583. The van der Waals surface area contributed by atoms with Crippen LogP contribution in [0, 0.1) is 0 Å². The number of thioether (sulfide) groups is 1. The maximum Gasteiger partial charge on any atom is 0.293 e. The number of nitrogens with zero attached hydrogens (tertiary/aromatic N) is 1. The van der Waals surface area contributed by atoms with Crippen LogP contribution in [-0.2, 0) is 4.79 Å². The number of rotatable bonds is 2. The van der Waals surface area contributed by atoms with Crippen molar-refractivity contribution < 1.29 is 14.7 Å². The third kappa shape index (κ3) is 2.77. The lowest BCUT2D eigenvalue weighted by atomic mass is 10.2. The highest BCUT2D eigenvalue weighted by Gasteiger charge is 2.36. The number of hydrogen-bond acceptors (Lipinski definition) is 4. The second kappa shape index (κ2) is 5.27. The van der Waals surface area contributed by atoms with Crippen molar-refractivity contribution >= 4 is 40.6 Å². The Kier molecular flexibility index (Phi) is 3.87. The molecule has 6 heteroatoms. The first kappa shape index (κ1) is 14.0. The van der Waals surface area contributed by atoms with Crippen molar-refractivity contribution in [1.82, 2.24) is 4.90 Å². The summed E-state index contributed by atoms with van der Waals surface area (Å²) in [5.41, 5.74) is 0.664. The van der Waals surface area contributed by atoms with Gasteiger partial charge in [-0.25, -0.2) is 0 Å². The molecule has 0 bridgehead atoms. The quantitative estimate of drug-likeness (QED) is 0.849.